The summed E-state index contributed by atoms with van der Waals surface area (Å²) in [5.74, 6) is 0.140. The highest BCUT2D eigenvalue weighted by Gasteiger charge is 2.63. The molecule has 0 radical (unpaired) electrons. The summed E-state index contributed by atoms with van der Waals surface area (Å²) in [7, 11) is -2.33. The molecule has 3 aromatic carbocycles. The SMILES string of the molecule is C[Si]1(C)c2cc(N3CCC3)ccc2C2(C(=[N+]=[N-])C(=O)c3ccc(C(=O)NCCOCCOCCCCCCCl)cc32)c2ccc(N3CCC3)cc21. The lowest BCUT2D eigenvalue weighted by atomic mass is 9.68. The maximum Gasteiger partial charge on any atom is 0.358 e. The highest BCUT2D eigenvalue weighted by atomic mass is 35.5. The number of nitrogens with zero attached hydrogens (tertiary/aromatic N) is 4. The minimum absolute atomic E-state index is 0.0846. The van der Waals surface area contributed by atoms with Gasteiger partial charge < -0.3 is 30.1 Å². The Morgan fingerprint density at radius 3 is 2.00 bits per heavy atom. The van der Waals surface area contributed by atoms with Crippen molar-refractivity contribution < 1.29 is 23.9 Å². The van der Waals surface area contributed by atoms with Gasteiger partial charge in [0.2, 0.25) is 0 Å². The van der Waals surface area contributed by atoms with Crippen molar-refractivity contribution in [3.8, 4) is 0 Å². The third-order valence-electron chi connectivity index (χ3n) is 11.3. The topological polar surface area (TPSA) is 108 Å². The van der Waals surface area contributed by atoms with Crippen LogP contribution in [0.4, 0.5) is 11.4 Å². The number of alkyl halides is 1. The van der Waals surface area contributed by atoms with E-state index in [4.69, 9.17) is 21.1 Å². The van der Waals surface area contributed by atoms with E-state index in [-0.39, 0.29) is 17.4 Å². The van der Waals surface area contributed by atoms with Gasteiger partial charge in [0.1, 0.15) is 8.07 Å². The number of fused-ring (bicyclic) bond motifs is 6. The lowest BCUT2D eigenvalue weighted by Gasteiger charge is -2.44. The summed E-state index contributed by atoms with van der Waals surface area (Å²) < 4.78 is 11.3. The van der Waals surface area contributed by atoms with Crippen LogP contribution in [0.25, 0.3) is 5.53 Å². The Balaban J connectivity index is 1.17. The van der Waals surface area contributed by atoms with Crippen molar-refractivity contribution in [1.82, 2.24) is 5.32 Å². The van der Waals surface area contributed by atoms with Gasteiger partial charge >= 0.3 is 5.71 Å². The molecule has 0 unspecified atom stereocenters. The van der Waals surface area contributed by atoms with Gasteiger partial charge in [0, 0.05) is 67.7 Å². The van der Waals surface area contributed by atoms with Crippen LogP contribution in [0.5, 0.6) is 0 Å². The Morgan fingerprint density at radius 1 is 0.824 bits per heavy atom. The molecule has 268 valence electrons. The van der Waals surface area contributed by atoms with E-state index in [0.717, 1.165) is 63.0 Å². The monoisotopic (exact) mass is 725 g/mol. The first-order valence-electron chi connectivity index (χ1n) is 18.5. The largest absolute Gasteiger partial charge is 0.379 e. The van der Waals surface area contributed by atoms with Gasteiger partial charge in [-0.25, -0.2) is 0 Å². The summed E-state index contributed by atoms with van der Waals surface area (Å²) in [6, 6.07) is 18.5. The minimum Gasteiger partial charge on any atom is -0.379 e. The summed E-state index contributed by atoms with van der Waals surface area (Å²) in [6.45, 7) is 11.3. The highest BCUT2D eigenvalue weighted by Crippen LogP contribution is 2.49. The van der Waals surface area contributed by atoms with E-state index in [1.807, 2.05) is 6.07 Å². The molecule has 7 rings (SSSR count). The van der Waals surface area contributed by atoms with Gasteiger partial charge in [0.15, 0.2) is 5.41 Å². The number of carbonyl (C=O) groups is 2. The third kappa shape index (κ3) is 6.35. The molecule has 3 aliphatic heterocycles. The van der Waals surface area contributed by atoms with Crippen LogP contribution >= 0.6 is 11.6 Å². The van der Waals surface area contributed by atoms with E-state index in [1.54, 1.807) is 12.1 Å². The predicted molar refractivity (Wildman–Crippen MR) is 206 cm³/mol. The van der Waals surface area contributed by atoms with Crippen LogP contribution in [-0.2, 0) is 14.9 Å². The molecule has 2 saturated heterocycles. The lowest BCUT2D eigenvalue weighted by Crippen LogP contribution is -2.65. The number of hydrogen-bond acceptors (Lipinski definition) is 6. The Labute approximate surface area is 306 Å². The molecule has 0 bridgehead atoms. The van der Waals surface area contributed by atoms with Crippen LogP contribution < -0.4 is 25.5 Å². The van der Waals surface area contributed by atoms with Crippen molar-refractivity contribution in [3.63, 3.8) is 0 Å². The number of ether oxygens (including phenoxy) is 2. The molecule has 0 atom stereocenters. The quantitative estimate of drug-likeness (QED) is 0.0777. The molecule has 9 nitrogen and oxygen atoms in total. The zero-order chi connectivity index (χ0) is 35.6. The molecular weight excluding hydrogens is 678 g/mol. The van der Waals surface area contributed by atoms with Crippen molar-refractivity contribution in [3.05, 3.63) is 87.9 Å². The molecule has 1 aliphatic carbocycles. The number of amides is 1. The highest BCUT2D eigenvalue weighted by molar-refractivity contribution is 7.01. The molecule has 4 aliphatic rings. The summed E-state index contributed by atoms with van der Waals surface area (Å²) >= 11 is 5.73. The fourth-order valence-electron chi connectivity index (χ4n) is 8.18. The number of Topliss-reactive ketones (excluding diaryl/α,β-unsaturated/α-hetero) is 1. The minimum atomic E-state index is -2.33. The third-order valence-corrected chi connectivity index (χ3v) is 15.1. The Morgan fingerprint density at radius 2 is 1.43 bits per heavy atom. The molecule has 11 heteroatoms. The van der Waals surface area contributed by atoms with Crippen molar-refractivity contribution in [1.29, 1.82) is 0 Å². The maximum atomic E-state index is 14.2. The number of hydrogen-bond donors (Lipinski definition) is 1. The van der Waals surface area contributed by atoms with Crippen LogP contribution in [0, 0.1) is 0 Å². The van der Waals surface area contributed by atoms with Gasteiger partial charge in [-0.15, -0.1) is 11.6 Å². The van der Waals surface area contributed by atoms with E-state index < -0.39 is 13.5 Å². The van der Waals surface area contributed by atoms with Crippen molar-refractivity contribution >= 4 is 58.8 Å². The molecule has 3 heterocycles. The Hall–Kier alpha value is -3.79. The van der Waals surface area contributed by atoms with E-state index in [1.165, 1.54) is 34.6 Å². The van der Waals surface area contributed by atoms with Crippen LogP contribution in [0.3, 0.4) is 0 Å². The molecule has 0 aromatic heterocycles. The summed E-state index contributed by atoms with van der Waals surface area (Å²) in [5.41, 5.74) is 15.5. The molecule has 51 heavy (non-hydrogen) atoms. The van der Waals surface area contributed by atoms with E-state index in [2.05, 4.69) is 69.4 Å². The second-order valence-corrected chi connectivity index (χ2v) is 19.3. The average Bonchev–Trinajstić information content (AvgIpc) is 3.33. The van der Waals surface area contributed by atoms with Crippen LogP contribution in [-0.4, -0.2) is 95.3 Å². The second-order valence-electron chi connectivity index (χ2n) is 14.6. The summed E-state index contributed by atoms with van der Waals surface area (Å²) in [5, 5.41) is 5.43. The van der Waals surface area contributed by atoms with Crippen molar-refractivity contribution in [2.45, 2.75) is 57.0 Å². The first-order valence-corrected chi connectivity index (χ1v) is 22.1. The van der Waals surface area contributed by atoms with Crippen molar-refractivity contribution in [2.75, 3.05) is 74.8 Å². The predicted octanol–water partition coefficient (Wildman–Crippen LogP) is 5.01. The number of carbonyl (C=O) groups excluding carboxylic acids is 2. The van der Waals surface area contributed by atoms with Crippen LogP contribution in [0.15, 0.2) is 54.6 Å². The molecule has 1 amide bonds. The number of ketones is 1. The van der Waals surface area contributed by atoms with Gasteiger partial charge in [0.05, 0.1) is 19.8 Å². The van der Waals surface area contributed by atoms with Crippen LogP contribution in [0.1, 0.15) is 75.9 Å². The zero-order valence-electron chi connectivity index (χ0n) is 29.8. The van der Waals surface area contributed by atoms with Gasteiger partial charge in [-0.1, -0.05) is 38.1 Å². The smallest absolute Gasteiger partial charge is 0.358 e. The zero-order valence-corrected chi connectivity index (χ0v) is 31.6. The number of unbranched alkanes of at least 4 members (excludes halogenated alkanes) is 3. The van der Waals surface area contributed by atoms with Crippen molar-refractivity contribution in [2.24, 2.45) is 0 Å². The van der Waals surface area contributed by atoms with Gasteiger partial charge in [-0.2, -0.15) is 4.79 Å². The van der Waals surface area contributed by atoms with E-state index >= 15 is 0 Å². The first-order chi connectivity index (χ1) is 24.8. The molecule has 1 N–H and O–H groups in total. The fourth-order valence-corrected chi connectivity index (χ4v) is 11.6. The number of anilines is 2. The standard InChI is InChI=1S/C40H48ClN5O4Si/c1-51(2)35-26-29(45-17-7-18-45)10-13-32(35)40(33-14-11-30(27-36(33)51)46-19-8-20-46)34-25-28(9-12-31(34)37(47)38(40)44-42)39(48)43-16-22-50-24-23-49-21-6-4-3-5-15-41/h9-14,25-27H,3-8,15-24H2,1-2H3,(H,43,48). The maximum absolute atomic E-state index is 14.2. The first kappa shape index (κ1) is 35.6. The molecule has 3 aromatic rings. The van der Waals surface area contributed by atoms with Crippen LogP contribution in [0.2, 0.25) is 13.1 Å². The molecular formula is C40H48ClN5O4Si. The molecule has 1 spiro atoms. The fraction of sp³-hybridized carbons (Fsp3) is 0.475. The lowest BCUT2D eigenvalue weighted by molar-refractivity contribution is -0.0115. The Bertz CT molecular complexity index is 1800. The second kappa shape index (κ2) is 15.1. The summed E-state index contributed by atoms with van der Waals surface area (Å²) in [6.07, 6.45) is 6.65. The number of rotatable bonds is 15. The van der Waals surface area contributed by atoms with E-state index in [9.17, 15) is 15.1 Å². The summed E-state index contributed by atoms with van der Waals surface area (Å²) in [4.78, 5) is 36.3. The van der Waals surface area contributed by atoms with Gasteiger partial charge in [-0.3, -0.25) is 9.59 Å². The normalized spacial score (nSPS) is 17.7. The number of halogens is 1. The average molecular weight is 726 g/mol. The van der Waals surface area contributed by atoms with Gasteiger partial charge in [-0.05, 0) is 95.2 Å². The van der Waals surface area contributed by atoms with E-state index in [0.29, 0.717) is 55.5 Å². The Kier molecular flexibility index (Phi) is 10.5. The number of benzene rings is 3. The van der Waals surface area contributed by atoms with Gasteiger partial charge in [0.25, 0.3) is 11.7 Å². The number of nitrogens with one attached hydrogen (secondary N) is 1. The molecule has 2 fully saturated rings. The molecule has 0 saturated carbocycles.